The summed E-state index contributed by atoms with van der Waals surface area (Å²) in [6.45, 7) is 0. The number of benzene rings is 2. The van der Waals surface area contributed by atoms with Crippen LogP contribution in [0.15, 0.2) is 40.9 Å². The molecule has 1 unspecified atom stereocenters. The van der Waals surface area contributed by atoms with Crippen LogP contribution in [0, 0.1) is 0 Å². The number of hydrogen-bond donors (Lipinski definition) is 1. The molecule has 2 aromatic carbocycles. The zero-order valence-electron chi connectivity index (χ0n) is 10.3. The van der Waals surface area contributed by atoms with Crippen LogP contribution in [0.1, 0.15) is 29.8 Å². The minimum absolute atomic E-state index is 0.265. The maximum absolute atomic E-state index is 10.3. The zero-order chi connectivity index (χ0) is 14.3. The Morgan fingerprint density at radius 3 is 2.65 bits per heavy atom. The molecule has 0 amide bonds. The highest BCUT2D eigenvalue weighted by Gasteiger charge is 2.29. The van der Waals surface area contributed by atoms with Crippen molar-refractivity contribution in [3.05, 3.63) is 62.0 Å². The van der Waals surface area contributed by atoms with E-state index in [9.17, 15) is 5.11 Å². The van der Waals surface area contributed by atoms with Crippen molar-refractivity contribution in [3.8, 4) is 5.75 Å². The van der Waals surface area contributed by atoms with Crippen LogP contribution in [0.2, 0.25) is 10.0 Å². The Hall–Kier alpha value is -0.740. The zero-order valence-corrected chi connectivity index (χ0v) is 13.4. The van der Waals surface area contributed by atoms with Crippen LogP contribution in [0.4, 0.5) is 0 Å². The minimum atomic E-state index is -0.609. The second kappa shape index (κ2) is 5.57. The Balaban J connectivity index is 1.97. The summed E-state index contributed by atoms with van der Waals surface area (Å²) in [6, 6.07) is 10.9. The van der Waals surface area contributed by atoms with Crippen molar-refractivity contribution in [2.24, 2.45) is 0 Å². The van der Waals surface area contributed by atoms with E-state index in [4.69, 9.17) is 27.9 Å². The molecule has 0 aromatic heterocycles. The Bertz CT molecular complexity index is 660. The Morgan fingerprint density at radius 1 is 1.10 bits per heavy atom. The molecule has 0 radical (unpaired) electrons. The summed E-state index contributed by atoms with van der Waals surface area (Å²) in [5.74, 6) is 0.650. The predicted molar refractivity (Wildman–Crippen MR) is 83.5 cm³/mol. The molecule has 1 heterocycles. The molecule has 3 rings (SSSR count). The van der Waals surface area contributed by atoms with Crippen molar-refractivity contribution in [2.75, 3.05) is 0 Å². The van der Waals surface area contributed by atoms with Gasteiger partial charge in [-0.1, -0.05) is 45.2 Å². The summed E-state index contributed by atoms with van der Waals surface area (Å²) < 4.78 is 6.86. The van der Waals surface area contributed by atoms with Gasteiger partial charge in [-0.3, -0.25) is 0 Å². The van der Waals surface area contributed by atoms with E-state index in [0.717, 1.165) is 15.6 Å². The lowest BCUT2D eigenvalue weighted by Gasteiger charge is -2.30. The van der Waals surface area contributed by atoms with E-state index < -0.39 is 6.10 Å². The number of hydrogen-bond acceptors (Lipinski definition) is 2. The summed E-state index contributed by atoms with van der Waals surface area (Å²) in [4.78, 5) is 0. The van der Waals surface area contributed by atoms with Gasteiger partial charge < -0.3 is 9.84 Å². The van der Waals surface area contributed by atoms with Gasteiger partial charge in [-0.05, 0) is 30.3 Å². The summed E-state index contributed by atoms with van der Waals surface area (Å²) in [5.41, 5.74) is 1.59. The SMILES string of the molecule is O[C@@H]1CC(c2ccc(Br)cc2Cl)Oc2ccc(Cl)cc21. The number of halogens is 3. The van der Waals surface area contributed by atoms with Crippen LogP contribution in [-0.4, -0.2) is 5.11 Å². The second-order valence-corrected chi connectivity index (χ2v) is 6.47. The Labute approximate surface area is 135 Å². The van der Waals surface area contributed by atoms with Crippen molar-refractivity contribution in [1.29, 1.82) is 0 Å². The van der Waals surface area contributed by atoms with E-state index in [1.54, 1.807) is 18.2 Å². The Kier molecular flexibility index (Phi) is 3.95. The highest BCUT2D eigenvalue weighted by molar-refractivity contribution is 9.10. The summed E-state index contributed by atoms with van der Waals surface area (Å²) >= 11 is 15.6. The molecular formula is C15H11BrCl2O2. The van der Waals surface area contributed by atoms with Crippen LogP contribution < -0.4 is 4.74 Å². The Morgan fingerprint density at radius 2 is 1.90 bits per heavy atom. The van der Waals surface area contributed by atoms with Crippen molar-refractivity contribution < 1.29 is 9.84 Å². The van der Waals surface area contributed by atoms with Gasteiger partial charge in [-0.25, -0.2) is 0 Å². The number of rotatable bonds is 1. The third kappa shape index (κ3) is 2.68. The van der Waals surface area contributed by atoms with Gasteiger partial charge in [0.2, 0.25) is 0 Å². The average Bonchev–Trinajstić information content (AvgIpc) is 2.39. The normalized spacial score (nSPS) is 21.2. The molecular weight excluding hydrogens is 363 g/mol. The van der Waals surface area contributed by atoms with Crippen LogP contribution in [-0.2, 0) is 0 Å². The number of aliphatic hydroxyl groups excluding tert-OH is 1. The third-order valence-corrected chi connectivity index (χ3v) is 4.40. The standard InChI is InChI=1S/C15H11BrCl2O2/c16-8-1-3-10(12(18)5-8)15-7-13(19)11-6-9(17)2-4-14(11)20-15/h1-6,13,15,19H,7H2/t13-,15?/m1/s1. The lowest BCUT2D eigenvalue weighted by Crippen LogP contribution is -2.19. The van der Waals surface area contributed by atoms with Crippen molar-refractivity contribution in [2.45, 2.75) is 18.6 Å². The fourth-order valence-corrected chi connectivity index (χ4v) is 3.35. The molecule has 2 nitrogen and oxygen atoms in total. The first-order valence-corrected chi connectivity index (χ1v) is 7.68. The highest BCUT2D eigenvalue weighted by atomic mass is 79.9. The van der Waals surface area contributed by atoms with Crippen LogP contribution in [0.25, 0.3) is 0 Å². The lowest BCUT2D eigenvalue weighted by molar-refractivity contribution is 0.0658. The second-order valence-electron chi connectivity index (χ2n) is 4.71. The maximum Gasteiger partial charge on any atom is 0.128 e. The molecule has 1 N–H and O–H groups in total. The van der Waals surface area contributed by atoms with E-state index in [1.165, 1.54) is 0 Å². The maximum atomic E-state index is 10.3. The molecule has 5 heteroatoms. The van der Waals surface area contributed by atoms with Crippen LogP contribution >= 0.6 is 39.1 Å². The van der Waals surface area contributed by atoms with E-state index >= 15 is 0 Å². The number of fused-ring (bicyclic) bond motifs is 1. The molecule has 0 bridgehead atoms. The fraction of sp³-hybridized carbons (Fsp3) is 0.200. The first-order chi connectivity index (χ1) is 9.54. The van der Waals surface area contributed by atoms with Gasteiger partial charge in [0.05, 0.1) is 6.10 Å². The molecule has 0 aliphatic carbocycles. The van der Waals surface area contributed by atoms with Gasteiger partial charge in [0, 0.05) is 32.1 Å². The number of aliphatic hydroxyl groups is 1. The monoisotopic (exact) mass is 372 g/mol. The first-order valence-electron chi connectivity index (χ1n) is 6.13. The van der Waals surface area contributed by atoms with Crippen LogP contribution in [0.5, 0.6) is 5.75 Å². The summed E-state index contributed by atoms with van der Waals surface area (Å²) in [6.07, 6.45) is -0.421. The van der Waals surface area contributed by atoms with Gasteiger partial charge in [0.25, 0.3) is 0 Å². The van der Waals surface area contributed by atoms with Gasteiger partial charge in [-0.2, -0.15) is 0 Å². The smallest absolute Gasteiger partial charge is 0.128 e. The van der Waals surface area contributed by atoms with E-state index in [1.807, 2.05) is 18.2 Å². The van der Waals surface area contributed by atoms with Crippen molar-refractivity contribution in [1.82, 2.24) is 0 Å². The van der Waals surface area contributed by atoms with Gasteiger partial charge in [0.1, 0.15) is 11.9 Å². The van der Waals surface area contributed by atoms with Gasteiger partial charge >= 0.3 is 0 Å². The highest BCUT2D eigenvalue weighted by Crippen LogP contribution is 2.43. The largest absolute Gasteiger partial charge is 0.485 e. The predicted octanol–water partition coefficient (Wildman–Crippen LogP) is 5.31. The molecule has 20 heavy (non-hydrogen) atoms. The summed E-state index contributed by atoms with van der Waals surface area (Å²) in [5, 5.41) is 11.5. The van der Waals surface area contributed by atoms with E-state index in [0.29, 0.717) is 22.2 Å². The van der Waals surface area contributed by atoms with Crippen LogP contribution in [0.3, 0.4) is 0 Å². The number of ether oxygens (including phenoxy) is 1. The molecule has 0 saturated carbocycles. The molecule has 2 aromatic rings. The third-order valence-electron chi connectivity index (χ3n) is 3.35. The summed E-state index contributed by atoms with van der Waals surface area (Å²) in [7, 11) is 0. The quantitative estimate of drug-likeness (QED) is 0.733. The van der Waals surface area contributed by atoms with Crippen molar-refractivity contribution in [3.63, 3.8) is 0 Å². The molecule has 2 atom stereocenters. The minimum Gasteiger partial charge on any atom is -0.485 e. The first kappa shape index (κ1) is 14.2. The average molecular weight is 374 g/mol. The van der Waals surface area contributed by atoms with Gasteiger partial charge in [0.15, 0.2) is 0 Å². The molecule has 0 spiro atoms. The molecule has 1 aliphatic heterocycles. The lowest BCUT2D eigenvalue weighted by atomic mass is 9.95. The van der Waals surface area contributed by atoms with E-state index in [2.05, 4.69) is 15.9 Å². The molecule has 0 saturated heterocycles. The van der Waals surface area contributed by atoms with E-state index in [-0.39, 0.29) is 6.10 Å². The molecule has 0 fully saturated rings. The molecule has 104 valence electrons. The topological polar surface area (TPSA) is 29.5 Å². The molecule has 1 aliphatic rings. The van der Waals surface area contributed by atoms with Gasteiger partial charge in [-0.15, -0.1) is 0 Å². The fourth-order valence-electron chi connectivity index (χ4n) is 2.37. The van der Waals surface area contributed by atoms with Crippen molar-refractivity contribution >= 4 is 39.1 Å².